The second-order valence-electron chi connectivity index (χ2n) is 4.00. The second kappa shape index (κ2) is 3.87. The molecule has 4 heteroatoms. The van der Waals surface area contributed by atoms with E-state index in [9.17, 15) is 0 Å². The Morgan fingerprint density at radius 1 is 0.882 bits per heavy atom. The molecule has 0 saturated carbocycles. The summed E-state index contributed by atoms with van der Waals surface area (Å²) in [5.41, 5.74) is 4.04. The third-order valence-electron chi connectivity index (χ3n) is 2.90. The summed E-state index contributed by atoms with van der Waals surface area (Å²) in [4.78, 5) is 0. The lowest BCUT2D eigenvalue weighted by atomic mass is 9.69. The van der Waals surface area contributed by atoms with Crippen molar-refractivity contribution in [3.05, 3.63) is 54.1 Å². The lowest BCUT2D eigenvalue weighted by molar-refractivity contribution is 1.49. The number of anilines is 2. The molecule has 0 atom stereocenters. The lowest BCUT2D eigenvalue weighted by Crippen LogP contribution is -2.41. The average molecular weight is 219 g/mol. The van der Waals surface area contributed by atoms with Crippen LogP contribution in [-0.4, -0.2) is 6.98 Å². The van der Waals surface area contributed by atoms with Crippen LogP contribution < -0.4 is 15.9 Å². The third-order valence-corrected chi connectivity index (χ3v) is 2.90. The van der Waals surface area contributed by atoms with Gasteiger partial charge in [-0.2, -0.15) is 5.26 Å². The molecule has 0 bridgehead atoms. The van der Waals surface area contributed by atoms with Crippen LogP contribution in [0.2, 0.25) is 0 Å². The van der Waals surface area contributed by atoms with Crippen LogP contribution in [0.3, 0.4) is 0 Å². The zero-order valence-electron chi connectivity index (χ0n) is 9.14. The molecule has 0 aliphatic carbocycles. The maximum Gasteiger partial charge on any atom is 0.406 e. The number of benzene rings is 2. The molecule has 0 fully saturated rings. The maximum atomic E-state index is 8.75. The summed E-state index contributed by atoms with van der Waals surface area (Å²) in [6, 6.07) is 17.8. The maximum absolute atomic E-state index is 8.75. The predicted octanol–water partition coefficient (Wildman–Crippen LogP) is 1.79. The number of fused-ring (bicyclic) bond motifs is 1. The van der Waals surface area contributed by atoms with E-state index in [1.807, 2.05) is 48.5 Å². The Morgan fingerprint density at radius 2 is 1.47 bits per heavy atom. The first-order valence-corrected chi connectivity index (χ1v) is 5.49. The van der Waals surface area contributed by atoms with Gasteiger partial charge in [0.1, 0.15) is 0 Å². The fourth-order valence-corrected chi connectivity index (χ4v) is 2.00. The van der Waals surface area contributed by atoms with Crippen molar-refractivity contribution in [1.29, 1.82) is 5.26 Å². The molecule has 80 valence electrons. The Bertz CT molecular complexity index is 561. The summed E-state index contributed by atoms with van der Waals surface area (Å²) < 4.78 is 0. The zero-order valence-corrected chi connectivity index (χ0v) is 9.14. The largest absolute Gasteiger partial charge is 0.406 e. The predicted molar refractivity (Wildman–Crippen MR) is 70.2 cm³/mol. The van der Waals surface area contributed by atoms with Gasteiger partial charge in [-0.3, -0.25) is 0 Å². The summed E-state index contributed by atoms with van der Waals surface area (Å²) in [5, 5.41) is 15.5. The molecule has 3 nitrogen and oxygen atoms in total. The highest BCUT2D eigenvalue weighted by molar-refractivity contribution is 6.80. The topological polar surface area (TPSA) is 47.9 Å². The smallest absolute Gasteiger partial charge is 0.404 e. The van der Waals surface area contributed by atoms with Gasteiger partial charge in [0, 0.05) is 11.4 Å². The Kier molecular flexibility index (Phi) is 2.23. The molecule has 0 saturated heterocycles. The molecule has 1 aliphatic rings. The number of para-hydroxylation sites is 2. The van der Waals surface area contributed by atoms with E-state index in [1.54, 1.807) is 0 Å². The van der Waals surface area contributed by atoms with Crippen LogP contribution in [0.4, 0.5) is 11.4 Å². The van der Waals surface area contributed by atoms with Crippen LogP contribution in [-0.2, 0) is 0 Å². The van der Waals surface area contributed by atoms with Crippen molar-refractivity contribution in [1.82, 2.24) is 0 Å². The van der Waals surface area contributed by atoms with Crippen molar-refractivity contribution < 1.29 is 0 Å². The van der Waals surface area contributed by atoms with Gasteiger partial charge in [0.15, 0.2) is 0 Å². The summed E-state index contributed by atoms with van der Waals surface area (Å²) in [7, 11) is 0. The molecule has 2 aromatic carbocycles. The van der Waals surface area contributed by atoms with Crippen molar-refractivity contribution in [3.8, 4) is 6.07 Å². The first-order chi connectivity index (χ1) is 8.36. The molecule has 3 rings (SSSR count). The summed E-state index contributed by atoms with van der Waals surface area (Å²) >= 11 is 0. The van der Waals surface area contributed by atoms with Crippen molar-refractivity contribution in [2.24, 2.45) is 0 Å². The minimum absolute atomic E-state index is 0.0835. The summed E-state index contributed by atoms with van der Waals surface area (Å²) in [6.07, 6.45) is 0. The van der Waals surface area contributed by atoms with E-state index in [0.29, 0.717) is 5.56 Å². The van der Waals surface area contributed by atoms with Crippen LogP contribution in [0.5, 0.6) is 0 Å². The molecule has 1 aliphatic heterocycles. The average Bonchev–Trinajstić information content (AvgIpc) is 2.82. The third kappa shape index (κ3) is 1.72. The van der Waals surface area contributed by atoms with Crippen LogP contribution in [0.15, 0.2) is 48.5 Å². The first-order valence-electron chi connectivity index (χ1n) is 5.49. The fraction of sp³-hybridized carbons (Fsp3) is 0. The van der Waals surface area contributed by atoms with Gasteiger partial charge in [0.05, 0.1) is 11.6 Å². The highest BCUT2D eigenvalue weighted by Crippen LogP contribution is 2.26. The number of nitrogens with one attached hydrogen (secondary N) is 2. The van der Waals surface area contributed by atoms with E-state index in [-0.39, 0.29) is 6.98 Å². The minimum Gasteiger partial charge on any atom is -0.404 e. The van der Waals surface area contributed by atoms with Gasteiger partial charge in [-0.1, -0.05) is 24.3 Å². The van der Waals surface area contributed by atoms with E-state index in [2.05, 4.69) is 16.5 Å². The molecule has 0 radical (unpaired) electrons. The van der Waals surface area contributed by atoms with Crippen LogP contribution in [0.25, 0.3) is 0 Å². The molecule has 0 aromatic heterocycles. The molecule has 0 spiro atoms. The van der Waals surface area contributed by atoms with Gasteiger partial charge in [0.2, 0.25) is 0 Å². The first kappa shape index (κ1) is 9.80. The molecule has 0 amide bonds. The van der Waals surface area contributed by atoms with Crippen LogP contribution >= 0.6 is 0 Å². The van der Waals surface area contributed by atoms with E-state index < -0.39 is 0 Å². The molecular formula is C13H10BN3. The van der Waals surface area contributed by atoms with Gasteiger partial charge in [-0.25, -0.2) is 0 Å². The fourth-order valence-electron chi connectivity index (χ4n) is 2.00. The van der Waals surface area contributed by atoms with Crippen molar-refractivity contribution in [2.45, 2.75) is 0 Å². The van der Waals surface area contributed by atoms with Gasteiger partial charge in [0.25, 0.3) is 0 Å². The Balaban J connectivity index is 1.87. The molecule has 1 heterocycles. The van der Waals surface area contributed by atoms with Gasteiger partial charge in [-0.05, 0) is 29.7 Å². The van der Waals surface area contributed by atoms with Crippen LogP contribution in [0.1, 0.15) is 5.56 Å². The van der Waals surface area contributed by atoms with Gasteiger partial charge >= 0.3 is 6.98 Å². The highest BCUT2D eigenvalue weighted by Gasteiger charge is 2.25. The quantitative estimate of drug-likeness (QED) is 0.718. The van der Waals surface area contributed by atoms with Crippen LogP contribution in [0, 0.1) is 11.3 Å². The number of nitrogens with zero attached hydrogens (tertiary/aromatic N) is 1. The van der Waals surface area contributed by atoms with Gasteiger partial charge < -0.3 is 10.5 Å². The van der Waals surface area contributed by atoms with E-state index >= 15 is 0 Å². The number of hydrogen-bond acceptors (Lipinski definition) is 3. The van der Waals surface area contributed by atoms with E-state index in [4.69, 9.17) is 5.26 Å². The Hall–Kier alpha value is -2.41. The monoisotopic (exact) mass is 219 g/mol. The van der Waals surface area contributed by atoms with Crippen molar-refractivity contribution >= 4 is 23.8 Å². The summed E-state index contributed by atoms with van der Waals surface area (Å²) in [6.45, 7) is 0.0835. The van der Waals surface area contributed by atoms with E-state index in [0.717, 1.165) is 16.8 Å². The van der Waals surface area contributed by atoms with Crippen molar-refractivity contribution in [3.63, 3.8) is 0 Å². The molecule has 2 aromatic rings. The molecule has 17 heavy (non-hydrogen) atoms. The highest BCUT2D eigenvalue weighted by atomic mass is 15.0. The normalized spacial score (nSPS) is 12.3. The van der Waals surface area contributed by atoms with Crippen molar-refractivity contribution in [2.75, 3.05) is 10.5 Å². The standard InChI is InChI=1S/C13H10BN3/c15-9-10-5-7-11(8-6-10)14-16-12-3-1-2-4-13(12)17-14/h1-8,16-17H. The number of rotatable bonds is 1. The summed E-state index contributed by atoms with van der Waals surface area (Å²) in [5.74, 6) is 0. The number of hydrogen-bond donors (Lipinski definition) is 2. The molecule has 2 N–H and O–H groups in total. The molecule has 0 unspecified atom stereocenters. The SMILES string of the molecule is N#Cc1ccc(B2Nc3ccccc3N2)cc1. The zero-order chi connectivity index (χ0) is 11.7. The number of nitriles is 1. The second-order valence-corrected chi connectivity index (χ2v) is 4.00. The van der Waals surface area contributed by atoms with E-state index in [1.165, 1.54) is 0 Å². The molecular weight excluding hydrogens is 209 g/mol. The van der Waals surface area contributed by atoms with Gasteiger partial charge in [-0.15, -0.1) is 0 Å². The Labute approximate surface area is 100 Å². The minimum atomic E-state index is 0.0835. The lowest BCUT2D eigenvalue weighted by Gasteiger charge is -2.07. The Morgan fingerprint density at radius 3 is 2.00 bits per heavy atom.